The van der Waals surface area contributed by atoms with Gasteiger partial charge in [-0.05, 0) is 18.1 Å². The molecule has 30 heavy (non-hydrogen) atoms. The van der Waals surface area contributed by atoms with Crippen molar-refractivity contribution in [2.45, 2.75) is 52.6 Å². The number of anilines is 1. The van der Waals surface area contributed by atoms with Crippen LogP contribution < -0.4 is 16.8 Å². The van der Waals surface area contributed by atoms with Crippen LogP contribution in [0.4, 0.5) is 5.82 Å². The average molecular weight is 417 g/mol. The van der Waals surface area contributed by atoms with Gasteiger partial charge in [-0.25, -0.2) is 9.97 Å². The summed E-state index contributed by atoms with van der Waals surface area (Å²) in [5.74, 6) is 0.702. The Bertz CT molecular complexity index is 858. The number of carbonyl (C=O) groups excluding carboxylic acids is 2. The lowest BCUT2D eigenvalue weighted by atomic mass is 9.95. The van der Waals surface area contributed by atoms with Gasteiger partial charge >= 0.3 is 0 Å². The molecule has 2 heterocycles. The third-order valence-electron chi connectivity index (χ3n) is 4.45. The Kier molecular flexibility index (Phi) is 7.55. The molecule has 0 aromatic carbocycles. The van der Waals surface area contributed by atoms with E-state index < -0.39 is 17.9 Å². The van der Waals surface area contributed by atoms with Crippen molar-refractivity contribution in [3.05, 3.63) is 41.7 Å². The minimum absolute atomic E-state index is 0.0656. The quantitative estimate of drug-likeness (QED) is 0.567. The Balaban J connectivity index is 2.46. The predicted octanol–water partition coefficient (Wildman–Crippen LogP) is 1.89. The fourth-order valence-electron chi connectivity index (χ4n) is 2.92. The number of amides is 2. The fraction of sp³-hybridized carbons (Fsp3) is 0.524. The maximum Gasteiger partial charge on any atom is 0.259 e. The lowest BCUT2D eigenvalue weighted by Crippen LogP contribution is -2.53. The van der Waals surface area contributed by atoms with E-state index in [-0.39, 0.29) is 23.4 Å². The first-order valence-corrected chi connectivity index (χ1v) is 9.98. The van der Waals surface area contributed by atoms with Gasteiger partial charge in [0, 0.05) is 24.7 Å². The second-order valence-electron chi connectivity index (χ2n) is 8.64. The Hall–Kier alpha value is -2.94. The van der Waals surface area contributed by atoms with Gasteiger partial charge in [-0.1, -0.05) is 34.6 Å². The molecule has 0 radical (unpaired) electrons. The Morgan fingerprint density at radius 2 is 2.00 bits per heavy atom. The Morgan fingerprint density at radius 3 is 2.50 bits per heavy atom. The minimum Gasteiger partial charge on any atom is -0.467 e. The van der Waals surface area contributed by atoms with Gasteiger partial charge in [-0.2, -0.15) is 0 Å². The molecule has 9 nitrogen and oxygen atoms in total. The first-order valence-electron chi connectivity index (χ1n) is 9.98. The molecule has 2 rings (SSSR count). The lowest BCUT2D eigenvalue weighted by Gasteiger charge is -2.31. The standard InChI is InChI=1S/C21H32N6O3/c1-13(2)12-27(16(9-22)17(23)28)19(29)15-11-25-20(21(3,4)5)26-18(15)24-10-14-7-6-8-30-14/h6-8,11,13,16H,9-10,12,22H2,1-5H3,(H2,23,28)(H,24,25,26)/t16-/m0/s1. The molecule has 2 aromatic heterocycles. The van der Waals surface area contributed by atoms with Gasteiger partial charge in [-0.15, -0.1) is 0 Å². The highest BCUT2D eigenvalue weighted by atomic mass is 16.3. The molecule has 0 saturated heterocycles. The van der Waals surface area contributed by atoms with E-state index in [9.17, 15) is 9.59 Å². The SMILES string of the molecule is CC(C)CN(C(=O)c1cnc(C(C)(C)C)nc1NCc1ccco1)[C@@H](CN)C(N)=O. The van der Waals surface area contributed by atoms with Crippen LogP contribution in [0.3, 0.4) is 0 Å². The van der Waals surface area contributed by atoms with Crippen LogP contribution in [0.5, 0.6) is 0 Å². The zero-order valence-electron chi connectivity index (χ0n) is 18.3. The number of hydrogen-bond donors (Lipinski definition) is 3. The highest BCUT2D eigenvalue weighted by Gasteiger charge is 2.31. The summed E-state index contributed by atoms with van der Waals surface area (Å²) in [6.07, 6.45) is 3.06. The van der Waals surface area contributed by atoms with Crippen molar-refractivity contribution in [3.8, 4) is 0 Å². The molecule has 2 aromatic rings. The number of furan rings is 1. The molecule has 2 amide bonds. The van der Waals surface area contributed by atoms with Gasteiger partial charge in [-0.3, -0.25) is 9.59 Å². The van der Waals surface area contributed by atoms with Crippen LogP contribution in [0.25, 0.3) is 0 Å². The lowest BCUT2D eigenvalue weighted by molar-refractivity contribution is -0.122. The van der Waals surface area contributed by atoms with E-state index in [1.165, 1.54) is 11.1 Å². The highest BCUT2D eigenvalue weighted by Crippen LogP contribution is 2.24. The van der Waals surface area contributed by atoms with Crippen LogP contribution in [0, 0.1) is 5.92 Å². The number of hydrogen-bond acceptors (Lipinski definition) is 7. The summed E-state index contributed by atoms with van der Waals surface area (Å²) in [4.78, 5) is 35.8. The Labute approximate surface area is 177 Å². The van der Waals surface area contributed by atoms with Crippen LogP contribution in [0.15, 0.2) is 29.0 Å². The summed E-state index contributed by atoms with van der Waals surface area (Å²) in [5.41, 5.74) is 11.2. The van der Waals surface area contributed by atoms with E-state index in [2.05, 4.69) is 15.3 Å². The van der Waals surface area contributed by atoms with Gasteiger partial charge < -0.3 is 26.1 Å². The average Bonchev–Trinajstić information content (AvgIpc) is 3.17. The molecule has 164 valence electrons. The predicted molar refractivity (Wildman–Crippen MR) is 115 cm³/mol. The fourth-order valence-corrected chi connectivity index (χ4v) is 2.92. The zero-order chi connectivity index (χ0) is 22.5. The summed E-state index contributed by atoms with van der Waals surface area (Å²) in [7, 11) is 0. The number of primary amides is 1. The van der Waals surface area contributed by atoms with E-state index in [1.807, 2.05) is 40.7 Å². The van der Waals surface area contributed by atoms with Crippen molar-refractivity contribution in [1.29, 1.82) is 0 Å². The summed E-state index contributed by atoms with van der Waals surface area (Å²) in [6.45, 7) is 10.5. The van der Waals surface area contributed by atoms with Crippen molar-refractivity contribution < 1.29 is 14.0 Å². The summed E-state index contributed by atoms with van der Waals surface area (Å²) in [6, 6.07) is 2.69. The molecule has 0 aliphatic heterocycles. The zero-order valence-corrected chi connectivity index (χ0v) is 18.3. The molecule has 0 bridgehead atoms. The molecule has 0 aliphatic carbocycles. The van der Waals surface area contributed by atoms with Crippen LogP contribution in [0.2, 0.25) is 0 Å². The number of nitrogens with one attached hydrogen (secondary N) is 1. The summed E-state index contributed by atoms with van der Waals surface area (Å²) in [5, 5.41) is 3.16. The van der Waals surface area contributed by atoms with E-state index in [0.717, 1.165) is 0 Å². The monoisotopic (exact) mass is 416 g/mol. The number of nitrogens with two attached hydrogens (primary N) is 2. The van der Waals surface area contributed by atoms with E-state index in [0.29, 0.717) is 30.5 Å². The number of carbonyl (C=O) groups is 2. The van der Waals surface area contributed by atoms with Crippen molar-refractivity contribution >= 4 is 17.6 Å². The van der Waals surface area contributed by atoms with E-state index in [1.54, 1.807) is 12.3 Å². The van der Waals surface area contributed by atoms with E-state index in [4.69, 9.17) is 15.9 Å². The molecular formula is C21H32N6O3. The van der Waals surface area contributed by atoms with Crippen LogP contribution in [0.1, 0.15) is 56.6 Å². The first-order chi connectivity index (χ1) is 14.0. The third-order valence-corrected chi connectivity index (χ3v) is 4.45. The molecule has 1 atom stereocenters. The number of nitrogens with zero attached hydrogens (tertiary/aromatic N) is 3. The van der Waals surface area contributed by atoms with Gasteiger partial charge in [0.15, 0.2) is 0 Å². The van der Waals surface area contributed by atoms with Crippen LogP contribution in [-0.2, 0) is 16.8 Å². The maximum atomic E-state index is 13.4. The van der Waals surface area contributed by atoms with Crippen molar-refractivity contribution in [1.82, 2.24) is 14.9 Å². The molecule has 5 N–H and O–H groups in total. The smallest absolute Gasteiger partial charge is 0.259 e. The second-order valence-corrected chi connectivity index (χ2v) is 8.64. The molecule has 0 spiro atoms. The number of rotatable bonds is 9. The normalized spacial score (nSPS) is 12.6. The van der Waals surface area contributed by atoms with Gasteiger partial charge in [0.2, 0.25) is 5.91 Å². The van der Waals surface area contributed by atoms with Crippen molar-refractivity contribution in [2.75, 3.05) is 18.4 Å². The highest BCUT2D eigenvalue weighted by molar-refractivity contribution is 6.00. The number of aromatic nitrogens is 2. The topological polar surface area (TPSA) is 140 Å². The molecule has 0 fully saturated rings. The maximum absolute atomic E-state index is 13.4. The van der Waals surface area contributed by atoms with Gasteiger partial charge in [0.1, 0.15) is 29.0 Å². The second kappa shape index (κ2) is 9.71. The van der Waals surface area contributed by atoms with Crippen LogP contribution in [-0.4, -0.2) is 45.8 Å². The molecule has 0 aliphatic rings. The minimum atomic E-state index is -0.917. The van der Waals surface area contributed by atoms with Crippen molar-refractivity contribution in [2.24, 2.45) is 17.4 Å². The third kappa shape index (κ3) is 5.79. The largest absolute Gasteiger partial charge is 0.467 e. The summed E-state index contributed by atoms with van der Waals surface area (Å²) < 4.78 is 5.36. The first kappa shape index (κ1) is 23.3. The summed E-state index contributed by atoms with van der Waals surface area (Å²) >= 11 is 0. The van der Waals surface area contributed by atoms with Gasteiger partial charge in [0.05, 0.1) is 12.8 Å². The molecule has 9 heteroatoms. The van der Waals surface area contributed by atoms with Crippen molar-refractivity contribution in [3.63, 3.8) is 0 Å². The Morgan fingerprint density at radius 1 is 1.30 bits per heavy atom. The molecular weight excluding hydrogens is 384 g/mol. The molecule has 0 saturated carbocycles. The van der Waals surface area contributed by atoms with Gasteiger partial charge in [0.25, 0.3) is 5.91 Å². The molecule has 0 unspecified atom stereocenters. The van der Waals surface area contributed by atoms with Crippen LogP contribution >= 0.6 is 0 Å². The van der Waals surface area contributed by atoms with E-state index >= 15 is 0 Å².